The Bertz CT molecular complexity index is 1060. The molecule has 7 nitrogen and oxygen atoms in total. The van der Waals surface area contributed by atoms with Crippen molar-refractivity contribution in [3.63, 3.8) is 0 Å². The van der Waals surface area contributed by atoms with Crippen LogP contribution in [0.25, 0.3) is 10.2 Å². The first-order valence-electron chi connectivity index (χ1n) is 7.37. The first kappa shape index (κ1) is 19.6. The fourth-order valence-corrected chi connectivity index (χ4v) is 3.99. The fraction of sp³-hybridized carbons (Fsp3) is 0.0625. The van der Waals surface area contributed by atoms with Crippen molar-refractivity contribution in [1.29, 1.82) is 0 Å². The molecule has 3 rings (SSSR count). The minimum absolute atomic E-state index is 0.0280. The Morgan fingerprint density at radius 2 is 2.11 bits per heavy atom. The molecule has 2 aromatic carbocycles. The Morgan fingerprint density at radius 1 is 1.37 bits per heavy atom. The molecule has 11 heteroatoms. The number of nitro benzene ring substituents is 1. The number of aryl methyl sites for hydroxylation is 1. The number of nitrogens with one attached hydrogen (secondary N) is 2. The van der Waals surface area contributed by atoms with E-state index in [1.807, 2.05) is 13.0 Å². The lowest BCUT2D eigenvalue weighted by Gasteiger charge is -2.08. The van der Waals surface area contributed by atoms with Crippen LogP contribution in [0.15, 0.2) is 34.8 Å². The molecule has 0 saturated heterocycles. The monoisotopic (exact) mass is 484 g/mol. The Kier molecular flexibility index (Phi) is 5.70. The van der Waals surface area contributed by atoms with Gasteiger partial charge in [0.05, 0.1) is 20.7 Å². The number of hydrogen-bond acceptors (Lipinski definition) is 6. The van der Waals surface area contributed by atoms with Crippen LogP contribution in [0, 0.1) is 17.0 Å². The third kappa shape index (κ3) is 4.41. The molecule has 1 heterocycles. The lowest BCUT2D eigenvalue weighted by atomic mass is 10.2. The van der Waals surface area contributed by atoms with Gasteiger partial charge in [0, 0.05) is 21.6 Å². The maximum absolute atomic E-state index is 12.4. The van der Waals surface area contributed by atoms with E-state index in [0.29, 0.717) is 20.1 Å². The first-order chi connectivity index (χ1) is 12.7. The molecule has 27 heavy (non-hydrogen) atoms. The largest absolute Gasteiger partial charge is 0.308 e. The minimum atomic E-state index is -0.580. The van der Waals surface area contributed by atoms with Gasteiger partial charge in [-0.3, -0.25) is 20.2 Å². The number of hydrogen-bond donors (Lipinski definition) is 2. The molecule has 0 radical (unpaired) electrons. The number of fused-ring (bicyclic) bond motifs is 1. The molecule has 0 saturated carbocycles. The second-order valence-corrected chi connectivity index (χ2v) is 8.12. The number of anilines is 1. The van der Waals surface area contributed by atoms with Crippen LogP contribution in [-0.4, -0.2) is 20.9 Å². The van der Waals surface area contributed by atoms with Crippen LogP contribution in [0.5, 0.6) is 0 Å². The fourth-order valence-electron chi connectivity index (χ4n) is 2.20. The number of nitro groups is 1. The van der Waals surface area contributed by atoms with Crippen LogP contribution in [0.1, 0.15) is 15.9 Å². The van der Waals surface area contributed by atoms with E-state index >= 15 is 0 Å². The molecule has 0 atom stereocenters. The van der Waals surface area contributed by atoms with Gasteiger partial charge < -0.3 is 5.32 Å². The van der Waals surface area contributed by atoms with Crippen LogP contribution in [0.3, 0.4) is 0 Å². The summed E-state index contributed by atoms with van der Waals surface area (Å²) in [4.78, 5) is 27.1. The Morgan fingerprint density at radius 3 is 2.81 bits per heavy atom. The molecule has 138 valence electrons. The summed E-state index contributed by atoms with van der Waals surface area (Å²) in [5.41, 5.74) is 1.56. The van der Waals surface area contributed by atoms with Gasteiger partial charge in [-0.05, 0) is 58.8 Å². The number of non-ortho nitro benzene ring substituents is 1. The molecular formula is C16H10BrClN4O3S2. The average molecular weight is 486 g/mol. The summed E-state index contributed by atoms with van der Waals surface area (Å²) < 4.78 is 1.34. The van der Waals surface area contributed by atoms with Crippen LogP contribution in [0.4, 0.5) is 10.8 Å². The van der Waals surface area contributed by atoms with Crippen molar-refractivity contribution in [2.24, 2.45) is 0 Å². The predicted octanol–water partition coefficient (Wildman–Crippen LogP) is 5.06. The molecule has 0 fully saturated rings. The van der Waals surface area contributed by atoms with Crippen molar-refractivity contribution in [3.05, 3.63) is 61.1 Å². The molecular weight excluding hydrogens is 476 g/mol. The zero-order valence-corrected chi connectivity index (χ0v) is 17.6. The van der Waals surface area contributed by atoms with E-state index < -0.39 is 10.8 Å². The number of thiocarbonyl (C=S) groups is 1. The van der Waals surface area contributed by atoms with Gasteiger partial charge in [-0.15, -0.1) is 0 Å². The average Bonchev–Trinajstić information content (AvgIpc) is 2.95. The zero-order valence-electron chi connectivity index (χ0n) is 13.6. The summed E-state index contributed by atoms with van der Waals surface area (Å²) >= 11 is 15.8. The summed E-state index contributed by atoms with van der Waals surface area (Å²) in [6.07, 6.45) is 0. The highest BCUT2D eigenvalue weighted by atomic mass is 79.9. The molecule has 3 aromatic rings. The number of benzene rings is 2. The molecule has 0 aliphatic rings. The van der Waals surface area contributed by atoms with Crippen molar-refractivity contribution in [2.45, 2.75) is 6.92 Å². The normalized spacial score (nSPS) is 10.6. The third-order valence-electron chi connectivity index (χ3n) is 3.52. The van der Waals surface area contributed by atoms with E-state index in [4.69, 9.17) is 23.8 Å². The van der Waals surface area contributed by atoms with Crippen molar-refractivity contribution < 1.29 is 9.72 Å². The summed E-state index contributed by atoms with van der Waals surface area (Å²) in [5, 5.41) is 17.4. The van der Waals surface area contributed by atoms with Crippen LogP contribution in [-0.2, 0) is 0 Å². The highest BCUT2D eigenvalue weighted by Gasteiger charge is 2.17. The summed E-state index contributed by atoms with van der Waals surface area (Å²) in [6.45, 7) is 1.90. The smallest absolute Gasteiger partial charge is 0.270 e. The van der Waals surface area contributed by atoms with Crippen LogP contribution in [0.2, 0.25) is 5.02 Å². The van der Waals surface area contributed by atoms with E-state index in [-0.39, 0.29) is 16.4 Å². The predicted molar refractivity (Wildman–Crippen MR) is 114 cm³/mol. The highest BCUT2D eigenvalue weighted by molar-refractivity contribution is 9.10. The molecule has 0 aliphatic carbocycles. The van der Waals surface area contributed by atoms with Gasteiger partial charge >= 0.3 is 0 Å². The molecule has 0 aliphatic heterocycles. The molecule has 0 unspecified atom stereocenters. The standard InChI is InChI=1S/C16H10BrClN4O3S2/c1-7-4-13-12(6-11(7)18)19-16(27-13)21-15(26)20-14(23)9-5-8(22(24)25)2-3-10(9)17/h2-6H,1H3,(H2,19,20,21,23,26). The summed E-state index contributed by atoms with van der Waals surface area (Å²) in [7, 11) is 0. The van der Waals surface area contributed by atoms with Crippen molar-refractivity contribution in [3.8, 4) is 0 Å². The van der Waals surface area contributed by atoms with Gasteiger partial charge in [-0.1, -0.05) is 22.9 Å². The minimum Gasteiger partial charge on any atom is -0.308 e. The number of carbonyl (C=O) groups excluding carboxylic acids is 1. The Balaban J connectivity index is 1.75. The first-order valence-corrected chi connectivity index (χ1v) is 9.77. The number of rotatable bonds is 3. The molecule has 0 bridgehead atoms. The third-order valence-corrected chi connectivity index (χ3v) is 5.76. The maximum Gasteiger partial charge on any atom is 0.270 e. The number of halogens is 2. The lowest BCUT2D eigenvalue weighted by molar-refractivity contribution is -0.384. The molecule has 0 spiro atoms. The molecule has 2 N–H and O–H groups in total. The number of nitrogens with zero attached hydrogens (tertiary/aromatic N) is 2. The number of thiazole rings is 1. The second kappa shape index (κ2) is 7.85. The van der Waals surface area contributed by atoms with E-state index in [2.05, 4.69) is 31.5 Å². The van der Waals surface area contributed by atoms with E-state index in [1.54, 1.807) is 6.07 Å². The van der Waals surface area contributed by atoms with E-state index in [0.717, 1.165) is 10.3 Å². The SMILES string of the molecule is Cc1cc2sc(NC(=S)NC(=O)c3cc([N+](=O)[O-])ccc3Br)nc2cc1Cl. The van der Waals surface area contributed by atoms with Gasteiger partial charge in [-0.2, -0.15) is 0 Å². The van der Waals surface area contributed by atoms with Gasteiger partial charge in [0.15, 0.2) is 10.2 Å². The van der Waals surface area contributed by atoms with Crippen LogP contribution < -0.4 is 10.6 Å². The highest BCUT2D eigenvalue weighted by Crippen LogP contribution is 2.30. The van der Waals surface area contributed by atoms with Crippen molar-refractivity contribution >= 4 is 83.1 Å². The number of carbonyl (C=O) groups is 1. The lowest BCUT2D eigenvalue weighted by Crippen LogP contribution is -2.34. The van der Waals surface area contributed by atoms with E-state index in [9.17, 15) is 14.9 Å². The molecule has 1 amide bonds. The molecule has 1 aromatic heterocycles. The van der Waals surface area contributed by atoms with Gasteiger partial charge in [0.25, 0.3) is 11.6 Å². The quantitative estimate of drug-likeness (QED) is 0.306. The van der Waals surface area contributed by atoms with Gasteiger partial charge in [0.2, 0.25) is 0 Å². The Labute approximate surface area is 176 Å². The number of aromatic nitrogens is 1. The van der Waals surface area contributed by atoms with Gasteiger partial charge in [-0.25, -0.2) is 4.98 Å². The summed E-state index contributed by atoms with van der Waals surface area (Å²) in [6, 6.07) is 7.58. The summed E-state index contributed by atoms with van der Waals surface area (Å²) in [5.74, 6) is -0.580. The zero-order chi connectivity index (χ0) is 19.7. The second-order valence-electron chi connectivity index (χ2n) is 5.42. The van der Waals surface area contributed by atoms with Crippen LogP contribution >= 0.6 is 51.1 Å². The maximum atomic E-state index is 12.4. The Hall–Kier alpha value is -2.14. The van der Waals surface area contributed by atoms with Crippen molar-refractivity contribution in [1.82, 2.24) is 10.3 Å². The topological polar surface area (TPSA) is 97.2 Å². The van der Waals surface area contributed by atoms with E-state index in [1.165, 1.54) is 29.5 Å². The van der Waals surface area contributed by atoms with Crippen molar-refractivity contribution in [2.75, 3.05) is 5.32 Å². The number of amides is 1. The van der Waals surface area contributed by atoms with Gasteiger partial charge in [0.1, 0.15) is 0 Å².